The molecule has 82 valence electrons. The van der Waals surface area contributed by atoms with Crippen molar-refractivity contribution in [2.24, 2.45) is 0 Å². The van der Waals surface area contributed by atoms with Crippen LogP contribution in [0, 0.1) is 0 Å². The summed E-state index contributed by atoms with van der Waals surface area (Å²) in [6.45, 7) is 12.2. The van der Waals surface area contributed by atoms with E-state index in [0.717, 1.165) is 0 Å². The molecule has 14 heavy (non-hydrogen) atoms. The highest BCUT2D eigenvalue weighted by atomic mass is 14.8. The van der Waals surface area contributed by atoms with E-state index >= 15 is 0 Å². The summed E-state index contributed by atoms with van der Waals surface area (Å²) in [6.07, 6.45) is 12.0. The number of rotatable bonds is 6. The van der Waals surface area contributed by atoms with Gasteiger partial charge in [-0.05, 0) is 32.9 Å². The van der Waals surface area contributed by atoms with Crippen molar-refractivity contribution in [2.45, 2.75) is 33.6 Å². The van der Waals surface area contributed by atoms with Crippen LogP contribution in [0.4, 0.5) is 0 Å². The third-order valence-corrected chi connectivity index (χ3v) is 1.40. The molecule has 0 bridgehead atoms. The fraction of sp³-hybridized carbons (Fsp3) is 0.538. The lowest BCUT2D eigenvalue weighted by atomic mass is 10.4. The van der Waals surface area contributed by atoms with E-state index in [4.69, 9.17) is 0 Å². The Bertz CT molecular complexity index is 141. The average Bonchev–Trinajstić information content (AvgIpc) is 2.21. The van der Waals surface area contributed by atoms with Crippen molar-refractivity contribution in [1.29, 1.82) is 0 Å². The molecular formula is C13H25N. The Labute approximate surface area is 89.6 Å². The lowest BCUT2D eigenvalue weighted by Crippen LogP contribution is -2.14. The summed E-state index contributed by atoms with van der Waals surface area (Å²) in [5.41, 5.74) is 0. The lowest BCUT2D eigenvalue weighted by Gasteiger charge is -1.95. The molecule has 0 saturated carbocycles. The zero-order chi connectivity index (χ0) is 11.1. The Morgan fingerprint density at radius 2 is 1.57 bits per heavy atom. The highest BCUT2D eigenvalue weighted by Crippen LogP contribution is 1.74. The largest absolute Gasteiger partial charge is 0.317 e. The predicted octanol–water partition coefficient (Wildman–Crippen LogP) is 3.70. The van der Waals surface area contributed by atoms with Gasteiger partial charge in [0.15, 0.2) is 0 Å². The molecule has 0 saturated heterocycles. The Balaban J connectivity index is 0. The first kappa shape index (κ1) is 15.6. The van der Waals surface area contributed by atoms with Crippen molar-refractivity contribution >= 4 is 0 Å². The number of hydrogen-bond donors (Lipinski definition) is 1. The first-order valence-corrected chi connectivity index (χ1v) is 5.44. The van der Waals surface area contributed by atoms with Crippen molar-refractivity contribution in [2.75, 3.05) is 13.1 Å². The van der Waals surface area contributed by atoms with Gasteiger partial charge in [-0.2, -0.15) is 0 Å². The highest BCUT2D eigenvalue weighted by Gasteiger charge is 1.76. The van der Waals surface area contributed by atoms with Gasteiger partial charge in [-0.15, -0.1) is 0 Å². The summed E-state index contributed by atoms with van der Waals surface area (Å²) in [7, 11) is 0. The van der Waals surface area contributed by atoms with E-state index in [1.807, 2.05) is 31.2 Å². The van der Waals surface area contributed by atoms with E-state index in [-0.39, 0.29) is 0 Å². The minimum atomic E-state index is 1.17. The molecule has 0 aromatic heterocycles. The maximum atomic E-state index is 3.51. The van der Waals surface area contributed by atoms with Gasteiger partial charge in [-0.1, -0.05) is 50.8 Å². The summed E-state index contributed by atoms with van der Waals surface area (Å²) in [4.78, 5) is 0. The zero-order valence-corrected chi connectivity index (χ0v) is 9.92. The average molecular weight is 195 g/mol. The van der Waals surface area contributed by atoms with E-state index in [1.165, 1.54) is 25.9 Å². The molecule has 1 nitrogen and oxygen atoms in total. The van der Waals surface area contributed by atoms with Gasteiger partial charge in [0.1, 0.15) is 0 Å². The first-order chi connectivity index (χ1) is 6.83. The van der Waals surface area contributed by atoms with Crippen LogP contribution >= 0.6 is 0 Å². The van der Waals surface area contributed by atoms with E-state index in [2.05, 4.69) is 25.7 Å². The van der Waals surface area contributed by atoms with E-state index < -0.39 is 0 Å². The molecule has 0 aromatic carbocycles. The van der Waals surface area contributed by atoms with Gasteiger partial charge in [-0.25, -0.2) is 0 Å². The lowest BCUT2D eigenvalue weighted by molar-refractivity contribution is 0.662. The van der Waals surface area contributed by atoms with Gasteiger partial charge in [0, 0.05) is 0 Å². The van der Waals surface area contributed by atoms with Crippen LogP contribution in [-0.2, 0) is 0 Å². The van der Waals surface area contributed by atoms with Crippen LogP contribution in [0.15, 0.2) is 37.0 Å². The molecule has 0 radical (unpaired) electrons. The van der Waals surface area contributed by atoms with Crippen LogP contribution < -0.4 is 5.32 Å². The van der Waals surface area contributed by atoms with Crippen LogP contribution in [0.3, 0.4) is 0 Å². The van der Waals surface area contributed by atoms with Gasteiger partial charge in [-0.3, -0.25) is 0 Å². The molecule has 0 amide bonds. The maximum Gasteiger partial charge on any atom is -0.00516 e. The second-order valence-corrected chi connectivity index (χ2v) is 2.90. The monoisotopic (exact) mass is 195 g/mol. The Hall–Kier alpha value is -0.820. The van der Waals surface area contributed by atoms with Crippen LogP contribution in [0.1, 0.15) is 33.6 Å². The molecular weight excluding hydrogens is 170 g/mol. The topological polar surface area (TPSA) is 12.0 Å². The minimum Gasteiger partial charge on any atom is -0.317 e. The summed E-state index contributed by atoms with van der Waals surface area (Å²) >= 11 is 0. The summed E-state index contributed by atoms with van der Waals surface area (Å²) in [5.74, 6) is 0. The third-order valence-electron chi connectivity index (χ3n) is 1.40. The molecule has 0 spiro atoms. The number of nitrogens with one attached hydrogen (secondary N) is 1. The minimum absolute atomic E-state index is 1.17. The fourth-order valence-corrected chi connectivity index (χ4v) is 0.732. The highest BCUT2D eigenvalue weighted by molar-refractivity contribution is 5.07. The van der Waals surface area contributed by atoms with Crippen molar-refractivity contribution in [3.63, 3.8) is 0 Å². The van der Waals surface area contributed by atoms with Crippen LogP contribution in [0.2, 0.25) is 0 Å². The molecule has 0 unspecified atom stereocenters. The standard InChI is InChI=1S/C7H10.C6H15N/c2*1-3-5-7-6-4-2/h3-7H,1H2,2H3;7H,3-6H2,1-2H3/b6-4-,7-5-;. The quantitative estimate of drug-likeness (QED) is 0.503. The van der Waals surface area contributed by atoms with Gasteiger partial charge >= 0.3 is 0 Å². The summed E-state index contributed by atoms with van der Waals surface area (Å²) < 4.78 is 0. The molecule has 0 aliphatic heterocycles. The molecule has 1 N–H and O–H groups in total. The summed E-state index contributed by atoms with van der Waals surface area (Å²) in [6, 6.07) is 0. The molecule has 0 aliphatic carbocycles. The van der Waals surface area contributed by atoms with Crippen LogP contribution in [-0.4, -0.2) is 13.1 Å². The molecule has 0 atom stereocenters. The van der Waals surface area contributed by atoms with Gasteiger partial charge in [0.25, 0.3) is 0 Å². The van der Waals surface area contributed by atoms with Crippen molar-refractivity contribution in [3.05, 3.63) is 37.0 Å². The Kier molecular flexibility index (Phi) is 20.2. The predicted molar refractivity (Wildman–Crippen MR) is 67.6 cm³/mol. The van der Waals surface area contributed by atoms with Crippen LogP contribution in [0.5, 0.6) is 0 Å². The second-order valence-electron chi connectivity index (χ2n) is 2.90. The molecule has 1 heteroatoms. The zero-order valence-electron chi connectivity index (χ0n) is 9.92. The summed E-state index contributed by atoms with van der Waals surface area (Å²) in [5, 5.41) is 3.28. The molecule has 0 aliphatic rings. The molecule has 0 rings (SSSR count). The Morgan fingerprint density at radius 1 is 1.00 bits per heavy atom. The van der Waals surface area contributed by atoms with Gasteiger partial charge in [0.2, 0.25) is 0 Å². The molecule has 0 aromatic rings. The fourth-order valence-electron chi connectivity index (χ4n) is 0.732. The van der Waals surface area contributed by atoms with Gasteiger partial charge < -0.3 is 5.32 Å². The van der Waals surface area contributed by atoms with E-state index in [0.29, 0.717) is 0 Å². The normalized spacial score (nSPS) is 10.2. The van der Waals surface area contributed by atoms with Crippen molar-refractivity contribution < 1.29 is 0 Å². The smallest absolute Gasteiger partial charge is 0.00516 e. The first-order valence-electron chi connectivity index (χ1n) is 5.44. The van der Waals surface area contributed by atoms with Crippen LogP contribution in [0.25, 0.3) is 0 Å². The van der Waals surface area contributed by atoms with Crippen molar-refractivity contribution in [3.8, 4) is 0 Å². The SMILES string of the molecule is C=C/C=C\C=C/C.CCCNCCC. The third kappa shape index (κ3) is 22.5. The Morgan fingerprint density at radius 3 is 1.93 bits per heavy atom. The molecule has 0 fully saturated rings. The van der Waals surface area contributed by atoms with E-state index in [1.54, 1.807) is 6.08 Å². The van der Waals surface area contributed by atoms with Gasteiger partial charge in [0.05, 0.1) is 0 Å². The number of hydrogen-bond acceptors (Lipinski definition) is 1. The van der Waals surface area contributed by atoms with E-state index in [9.17, 15) is 0 Å². The second kappa shape index (κ2) is 18.1. The maximum absolute atomic E-state index is 3.51. The number of allylic oxidation sites excluding steroid dienone is 5. The molecule has 0 heterocycles. The van der Waals surface area contributed by atoms with Crippen molar-refractivity contribution in [1.82, 2.24) is 5.32 Å².